The first-order valence-corrected chi connectivity index (χ1v) is 9.15. The maximum absolute atomic E-state index is 13.5. The van der Waals surface area contributed by atoms with Crippen molar-refractivity contribution in [2.24, 2.45) is 0 Å². The Morgan fingerprint density at radius 1 is 1.00 bits per heavy atom. The third-order valence-corrected chi connectivity index (χ3v) is 4.36. The molecule has 0 heterocycles. The van der Waals surface area contributed by atoms with Crippen molar-refractivity contribution in [2.45, 2.75) is 58.3 Å². The van der Waals surface area contributed by atoms with E-state index in [0.29, 0.717) is 42.1 Å². The molecule has 23 heavy (non-hydrogen) atoms. The highest BCUT2D eigenvalue weighted by Crippen LogP contribution is 2.23. The molecule has 6 heteroatoms. The van der Waals surface area contributed by atoms with E-state index >= 15 is 0 Å². The van der Waals surface area contributed by atoms with Gasteiger partial charge in [0, 0.05) is 25.7 Å². The molecule has 0 aromatic heterocycles. The summed E-state index contributed by atoms with van der Waals surface area (Å²) in [6.45, 7) is 4.94. The van der Waals surface area contributed by atoms with Gasteiger partial charge in [0.05, 0.1) is 0 Å². The third kappa shape index (κ3) is 7.08. The molecule has 0 saturated carbocycles. The molecule has 0 amide bonds. The number of hydrogen-bond donors (Lipinski definition) is 0. The van der Waals surface area contributed by atoms with Gasteiger partial charge in [0.1, 0.15) is 11.6 Å². The second-order valence-corrected chi connectivity index (χ2v) is 5.81. The van der Waals surface area contributed by atoms with Crippen molar-refractivity contribution < 1.29 is 22.7 Å². The van der Waals surface area contributed by atoms with Crippen molar-refractivity contribution in [3.05, 3.63) is 35.4 Å². The van der Waals surface area contributed by atoms with Gasteiger partial charge in [-0.05, 0) is 44.7 Å². The summed E-state index contributed by atoms with van der Waals surface area (Å²) in [5.41, 5.74) is 0.576. The van der Waals surface area contributed by atoms with E-state index in [9.17, 15) is 8.78 Å². The zero-order chi connectivity index (χ0) is 17.1. The van der Waals surface area contributed by atoms with Gasteiger partial charge in [-0.1, -0.05) is 18.9 Å². The quantitative estimate of drug-likeness (QED) is 0.329. The maximum atomic E-state index is 13.5. The highest BCUT2D eigenvalue weighted by molar-refractivity contribution is 5.98. The Morgan fingerprint density at radius 3 is 2.22 bits per heavy atom. The van der Waals surface area contributed by atoms with Crippen molar-refractivity contribution in [1.29, 1.82) is 0 Å². The highest BCUT2D eigenvalue weighted by Gasteiger charge is 2.29. The van der Waals surface area contributed by atoms with Crippen LogP contribution in [0.5, 0.6) is 0 Å². The summed E-state index contributed by atoms with van der Waals surface area (Å²) in [6, 6.07) is 3.77. The average Bonchev–Trinajstić information content (AvgIpc) is 2.52. The van der Waals surface area contributed by atoms with Gasteiger partial charge < -0.3 is 13.9 Å². The molecule has 0 spiro atoms. The summed E-state index contributed by atoms with van der Waals surface area (Å²) >= 11 is 0. The molecule has 0 fully saturated rings. The normalized spacial score (nSPS) is 12.0. The van der Waals surface area contributed by atoms with Gasteiger partial charge >= 0.3 is 0 Å². The second-order valence-electron chi connectivity index (χ2n) is 5.40. The molecule has 0 saturated heterocycles. The summed E-state index contributed by atoms with van der Waals surface area (Å²) in [5.74, 6) is -1.88. The van der Waals surface area contributed by atoms with Crippen LogP contribution in [0.25, 0.3) is 0 Å². The molecule has 0 aliphatic rings. The third-order valence-electron chi connectivity index (χ3n) is 3.73. The molecular formula is C17H28F2O3Si. The zero-order valence-electron chi connectivity index (χ0n) is 14.4. The zero-order valence-corrected chi connectivity index (χ0v) is 16.4. The van der Waals surface area contributed by atoms with Crippen LogP contribution in [0.3, 0.4) is 0 Å². The highest BCUT2D eigenvalue weighted by atomic mass is 28.2. The Morgan fingerprint density at radius 2 is 1.65 bits per heavy atom. The minimum Gasteiger partial charge on any atom is -0.380 e. The molecular weight excluding hydrogens is 318 g/mol. The lowest BCUT2D eigenvalue weighted by atomic mass is 10.0. The fraction of sp³-hybridized carbons (Fsp3) is 0.647. The van der Waals surface area contributed by atoms with E-state index < -0.39 is 17.6 Å². The van der Waals surface area contributed by atoms with E-state index in [-0.39, 0.29) is 0 Å². The van der Waals surface area contributed by atoms with Gasteiger partial charge in [-0.25, -0.2) is 8.78 Å². The smallest absolute Gasteiger partial charge is 0.272 e. The Labute approximate surface area is 140 Å². The standard InChI is InChI=1S/C17H28F2O3Si/c1-3-20-17(22-23,21-4-2)12-8-6-5-7-9-14-10-11-15(18)13-16(14)19/h10-11,13H,3-9,12H2,1-2,23H3. The van der Waals surface area contributed by atoms with Crippen LogP contribution in [0.1, 0.15) is 51.5 Å². The lowest BCUT2D eigenvalue weighted by Gasteiger charge is -2.31. The van der Waals surface area contributed by atoms with Crippen molar-refractivity contribution in [2.75, 3.05) is 13.2 Å². The minimum atomic E-state index is -0.890. The molecule has 0 aliphatic heterocycles. The first kappa shape index (κ1) is 20.2. The van der Waals surface area contributed by atoms with Crippen LogP contribution < -0.4 is 0 Å². The molecule has 1 aromatic rings. The predicted molar refractivity (Wildman–Crippen MR) is 90.2 cm³/mol. The molecule has 0 radical (unpaired) electrons. The van der Waals surface area contributed by atoms with Gasteiger partial charge in [0.2, 0.25) is 0 Å². The Hall–Kier alpha value is -0.823. The monoisotopic (exact) mass is 346 g/mol. The lowest BCUT2D eigenvalue weighted by molar-refractivity contribution is -0.344. The number of benzene rings is 1. The van der Waals surface area contributed by atoms with Crippen LogP contribution in [0.2, 0.25) is 0 Å². The van der Waals surface area contributed by atoms with Crippen molar-refractivity contribution in [1.82, 2.24) is 0 Å². The summed E-state index contributed by atoms with van der Waals surface area (Å²) in [5, 5.41) is 0. The van der Waals surface area contributed by atoms with E-state index in [2.05, 4.69) is 0 Å². The van der Waals surface area contributed by atoms with Crippen molar-refractivity contribution >= 4 is 10.5 Å². The van der Waals surface area contributed by atoms with E-state index in [1.807, 2.05) is 13.8 Å². The van der Waals surface area contributed by atoms with Crippen molar-refractivity contribution in [3.63, 3.8) is 0 Å². The van der Waals surface area contributed by atoms with E-state index in [1.54, 1.807) is 0 Å². The van der Waals surface area contributed by atoms with E-state index in [1.165, 1.54) is 12.1 Å². The van der Waals surface area contributed by atoms with E-state index in [4.69, 9.17) is 13.9 Å². The summed E-state index contributed by atoms with van der Waals surface area (Å²) < 4.78 is 43.1. The average molecular weight is 346 g/mol. The maximum Gasteiger partial charge on any atom is 0.272 e. The van der Waals surface area contributed by atoms with Gasteiger partial charge in [-0.3, -0.25) is 0 Å². The molecule has 0 aliphatic carbocycles. The molecule has 1 aromatic carbocycles. The van der Waals surface area contributed by atoms with Crippen LogP contribution in [0.15, 0.2) is 18.2 Å². The van der Waals surface area contributed by atoms with Gasteiger partial charge in [-0.15, -0.1) is 0 Å². The van der Waals surface area contributed by atoms with E-state index in [0.717, 1.165) is 31.7 Å². The number of unbranched alkanes of at least 4 members (excludes halogenated alkanes) is 3. The summed E-state index contributed by atoms with van der Waals surface area (Å²) in [7, 11) is 0.553. The largest absolute Gasteiger partial charge is 0.380 e. The van der Waals surface area contributed by atoms with Crippen LogP contribution in [-0.2, 0) is 20.3 Å². The first-order valence-electron chi connectivity index (χ1n) is 8.34. The fourth-order valence-corrected chi connectivity index (χ4v) is 3.02. The molecule has 3 nitrogen and oxygen atoms in total. The molecule has 0 N–H and O–H groups in total. The number of ether oxygens (including phenoxy) is 2. The SMILES string of the molecule is CCOC(CCCCCCc1ccc(F)cc1F)(O[SiH3])OCC. The number of aryl methyl sites for hydroxylation is 1. The molecule has 0 bridgehead atoms. The molecule has 1 rings (SSSR count). The number of hydrogen-bond acceptors (Lipinski definition) is 3. The van der Waals surface area contributed by atoms with Gasteiger partial charge in [-0.2, -0.15) is 0 Å². The van der Waals surface area contributed by atoms with Crippen LogP contribution >= 0.6 is 0 Å². The van der Waals surface area contributed by atoms with Crippen molar-refractivity contribution in [3.8, 4) is 0 Å². The van der Waals surface area contributed by atoms with Crippen LogP contribution in [0.4, 0.5) is 8.78 Å². The van der Waals surface area contributed by atoms with Gasteiger partial charge in [0.25, 0.3) is 5.97 Å². The minimum absolute atomic E-state index is 0.457. The predicted octanol–water partition coefficient (Wildman–Crippen LogP) is 3.48. The van der Waals surface area contributed by atoms with Gasteiger partial charge in [0.15, 0.2) is 10.5 Å². The summed E-state index contributed by atoms with van der Waals surface area (Å²) in [4.78, 5) is 0. The van der Waals surface area contributed by atoms with Crippen LogP contribution in [-0.4, -0.2) is 29.7 Å². The Balaban J connectivity index is 2.28. The second kappa shape index (κ2) is 10.9. The molecule has 0 atom stereocenters. The molecule has 132 valence electrons. The Kier molecular flexibility index (Phi) is 9.55. The topological polar surface area (TPSA) is 27.7 Å². The number of halogens is 2. The number of rotatable bonds is 12. The Bertz CT molecular complexity index is 451. The molecule has 0 unspecified atom stereocenters. The van der Waals surface area contributed by atoms with Crippen LogP contribution in [0, 0.1) is 11.6 Å². The summed E-state index contributed by atoms with van der Waals surface area (Å²) in [6.07, 6.45) is 5.10. The fourth-order valence-electron chi connectivity index (χ4n) is 2.58. The first-order chi connectivity index (χ1) is 11.1. The lowest BCUT2D eigenvalue weighted by Crippen LogP contribution is -2.38.